The SMILES string of the molecule is COc1ccc(-c2cccnc2)c(OC)n1. The molecule has 0 radical (unpaired) electrons. The highest BCUT2D eigenvalue weighted by Crippen LogP contribution is 2.29. The molecular formula is C12H12N2O2. The number of nitrogens with zero attached hydrogens (tertiary/aromatic N) is 2. The zero-order valence-corrected chi connectivity index (χ0v) is 9.18. The maximum absolute atomic E-state index is 5.22. The second-order valence-electron chi connectivity index (χ2n) is 3.15. The first-order valence-corrected chi connectivity index (χ1v) is 4.84. The van der Waals surface area contributed by atoms with Crippen LogP contribution in [0.3, 0.4) is 0 Å². The lowest BCUT2D eigenvalue weighted by molar-refractivity contribution is 0.366. The van der Waals surface area contributed by atoms with Crippen LogP contribution in [0.5, 0.6) is 11.8 Å². The Balaban J connectivity index is 2.49. The van der Waals surface area contributed by atoms with E-state index in [1.807, 2.05) is 18.2 Å². The van der Waals surface area contributed by atoms with Crippen LogP contribution in [-0.4, -0.2) is 24.2 Å². The fourth-order valence-electron chi connectivity index (χ4n) is 1.43. The van der Waals surface area contributed by atoms with Gasteiger partial charge in [-0.05, 0) is 12.1 Å². The Kier molecular flexibility index (Phi) is 3.00. The minimum Gasteiger partial charge on any atom is -0.481 e. The standard InChI is InChI=1S/C12H12N2O2/c1-15-11-6-5-10(12(14-11)16-2)9-4-3-7-13-8-9/h3-8H,1-2H3. The third kappa shape index (κ3) is 1.95. The summed E-state index contributed by atoms with van der Waals surface area (Å²) in [5.74, 6) is 1.07. The van der Waals surface area contributed by atoms with Gasteiger partial charge in [0, 0.05) is 29.6 Å². The molecule has 0 aromatic carbocycles. The van der Waals surface area contributed by atoms with E-state index in [0.29, 0.717) is 11.8 Å². The molecular weight excluding hydrogens is 204 g/mol. The molecule has 2 heterocycles. The monoisotopic (exact) mass is 216 g/mol. The smallest absolute Gasteiger partial charge is 0.224 e. The predicted octanol–water partition coefficient (Wildman–Crippen LogP) is 2.16. The molecule has 2 aromatic rings. The second kappa shape index (κ2) is 4.61. The van der Waals surface area contributed by atoms with Crippen molar-refractivity contribution in [3.63, 3.8) is 0 Å². The van der Waals surface area contributed by atoms with Crippen molar-refractivity contribution in [2.24, 2.45) is 0 Å². The molecule has 0 aliphatic rings. The summed E-state index contributed by atoms with van der Waals surface area (Å²) in [6.07, 6.45) is 3.50. The van der Waals surface area contributed by atoms with Crippen LogP contribution in [0.1, 0.15) is 0 Å². The molecule has 4 nitrogen and oxygen atoms in total. The van der Waals surface area contributed by atoms with Gasteiger partial charge in [-0.15, -0.1) is 0 Å². The van der Waals surface area contributed by atoms with E-state index >= 15 is 0 Å². The van der Waals surface area contributed by atoms with Crippen molar-refractivity contribution >= 4 is 0 Å². The Labute approximate surface area is 93.9 Å². The number of pyridine rings is 2. The highest BCUT2D eigenvalue weighted by Gasteiger charge is 2.08. The quantitative estimate of drug-likeness (QED) is 0.788. The van der Waals surface area contributed by atoms with E-state index in [9.17, 15) is 0 Å². The zero-order chi connectivity index (χ0) is 11.4. The zero-order valence-electron chi connectivity index (χ0n) is 9.18. The molecule has 4 heteroatoms. The lowest BCUT2D eigenvalue weighted by atomic mass is 10.1. The van der Waals surface area contributed by atoms with Crippen LogP contribution in [0, 0.1) is 0 Å². The topological polar surface area (TPSA) is 44.2 Å². The molecule has 0 unspecified atom stereocenters. The van der Waals surface area contributed by atoms with Gasteiger partial charge in [0.1, 0.15) is 0 Å². The first kappa shape index (κ1) is 10.4. The largest absolute Gasteiger partial charge is 0.481 e. The minimum atomic E-state index is 0.532. The summed E-state index contributed by atoms with van der Waals surface area (Å²) in [6.45, 7) is 0. The predicted molar refractivity (Wildman–Crippen MR) is 60.6 cm³/mol. The summed E-state index contributed by atoms with van der Waals surface area (Å²) < 4.78 is 10.3. The number of rotatable bonds is 3. The molecule has 0 bridgehead atoms. The summed E-state index contributed by atoms with van der Waals surface area (Å²) in [5.41, 5.74) is 1.87. The Hall–Kier alpha value is -2.10. The van der Waals surface area contributed by atoms with Gasteiger partial charge in [0.25, 0.3) is 0 Å². The van der Waals surface area contributed by atoms with Crippen molar-refractivity contribution in [3.8, 4) is 22.9 Å². The van der Waals surface area contributed by atoms with Crippen LogP contribution in [0.4, 0.5) is 0 Å². The first-order chi connectivity index (χ1) is 7.85. The molecule has 16 heavy (non-hydrogen) atoms. The van der Waals surface area contributed by atoms with E-state index in [4.69, 9.17) is 9.47 Å². The molecule has 2 rings (SSSR count). The van der Waals surface area contributed by atoms with Crippen LogP contribution < -0.4 is 9.47 Å². The third-order valence-electron chi connectivity index (χ3n) is 2.21. The average molecular weight is 216 g/mol. The Morgan fingerprint density at radius 2 is 1.94 bits per heavy atom. The molecule has 82 valence electrons. The van der Waals surface area contributed by atoms with Crippen molar-refractivity contribution in [1.82, 2.24) is 9.97 Å². The highest BCUT2D eigenvalue weighted by molar-refractivity contribution is 5.68. The van der Waals surface area contributed by atoms with Gasteiger partial charge in [-0.25, -0.2) is 0 Å². The molecule has 0 saturated heterocycles. The number of hydrogen-bond acceptors (Lipinski definition) is 4. The molecule has 0 atom stereocenters. The molecule has 2 aromatic heterocycles. The Bertz CT molecular complexity index is 472. The van der Waals surface area contributed by atoms with E-state index in [0.717, 1.165) is 11.1 Å². The van der Waals surface area contributed by atoms with Crippen LogP contribution >= 0.6 is 0 Å². The molecule has 0 N–H and O–H groups in total. The van der Waals surface area contributed by atoms with E-state index < -0.39 is 0 Å². The lowest BCUT2D eigenvalue weighted by Gasteiger charge is -2.08. The number of methoxy groups -OCH3 is 2. The molecule has 0 aliphatic carbocycles. The van der Waals surface area contributed by atoms with E-state index in [1.54, 1.807) is 32.7 Å². The summed E-state index contributed by atoms with van der Waals surface area (Å²) >= 11 is 0. The van der Waals surface area contributed by atoms with Gasteiger partial charge in [0.05, 0.1) is 14.2 Å². The summed E-state index contributed by atoms with van der Waals surface area (Å²) in [7, 11) is 3.16. The number of ether oxygens (including phenoxy) is 2. The van der Waals surface area contributed by atoms with Crippen LogP contribution in [0.15, 0.2) is 36.7 Å². The van der Waals surface area contributed by atoms with Gasteiger partial charge >= 0.3 is 0 Å². The van der Waals surface area contributed by atoms with Crippen molar-refractivity contribution in [2.45, 2.75) is 0 Å². The van der Waals surface area contributed by atoms with Gasteiger partial charge < -0.3 is 9.47 Å². The van der Waals surface area contributed by atoms with Crippen molar-refractivity contribution in [2.75, 3.05) is 14.2 Å². The van der Waals surface area contributed by atoms with Crippen molar-refractivity contribution in [1.29, 1.82) is 0 Å². The maximum Gasteiger partial charge on any atom is 0.224 e. The van der Waals surface area contributed by atoms with Crippen molar-refractivity contribution < 1.29 is 9.47 Å². The Morgan fingerprint density at radius 3 is 2.56 bits per heavy atom. The number of hydrogen-bond donors (Lipinski definition) is 0. The fourth-order valence-corrected chi connectivity index (χ4v) is 1.43. The molecule has 0 saturated carbocycles. The third-order valence-corrected chi connectivity index (χ3v) is 2.21. The van der Waals surface area contributed by atoms with E-state index in [1.165, 1.54) is 0 Å². The minimum absolute atomic E-state index is 0.532. The van der Waals surface area contributed by atoms with E-state index in [-0.39, 0.29) is 0 Å². The van der Waals surface area contributed by atoms with Crippen LogP contribution in [-0.2, 0) is 0 Å². The maximum atomic E-state index is 5.22. The van der Waals surface area contributed by atoms with Crippen LogP contribution in [0.2, 0.25) is 0 Å². The second-order valence-corrected chi connectivity index (χ2v) is 3.15. The summed E-state index contributed by atoms with van der Waals surface area (Å²) in [6, 6.07) is 7.53. The van der Waals surface area contributed by atoms with Crippen LogP contribution in [0.25, 0.3) is 11.1 Å². The Morgan fingerprint density at radius 1 is 1.06 bits per heavy atom. The van der Waals surface area contributed by atoms with Gasteiger partial charge in [0.15, 0.2) is 0 Å². The lowest BCUT2D eigenvalue weighted by Crippen LogP contribution is -1.94. The van der Waals surface area contributed by atoms with Gasteiger partial charge in [-0.1, -0.05) is 6.07 Å². The normalized spacial score (nSPS) is 9.88. The fraction of sp³-hybridized carbons (Fsp3) is 0.167. The highest BCUT2D eigenvalue weighted by atomic mass is 16.5. The summed E-state index contributed by atoms with van der Waals surface area (Å²) in [4.78, 5) is 8.28. The average Bonchev–Trinajstić information content (AvgIpc) is 2.39. The van der Waals surface area contributed by atoms with Gasteiger partial charge in [0.2, 0.25) is 11.8 Å². The molecule has 0 fully saturated rings. The van der Waals surface area contributed by atoms with E-state index in [2.05, 4.69) is 9.97 Å². The molecule has 0 spiro atoms. The first-order valence-electron chi connectivity index (χ1n) is 4.84. The molecule has 0 amide bonds. The van der Waals surface area contributed by atoms with Gasteiger partial charge in [-0.2, -0.15) is 4.98 Å². The van der Waals surface area contributed by atoms with Gasteiger partial charge in [-0.3, -0.25) is 4.98 Å². The van der Waals surface area contributed by atoms with Crippen molar-refractivity contribution in [3.05, 3.63) is 36.7 Å². The summed E-state index contributed by atoms with van der Waals surface area (Å²) in [5, 5.41) is 0. The number of aromatic nitrogens is 2. The molecule has 0 aliphatic heterocycles.